The third-order valence-electron chi connectivity index (χ3n) is 5.40. The van der Waals surface area contributed by atoms with Gasteiger partial charge in [0, 0.05) is 23.2 Å². The van der Waals surface area contributed by atoms with Crippen molar-refractivity contribution in [2.24, 2.45) is 0 Å². The molecule has 1 amide bonds. The third-order valence-corrected chi connectivity index (χ3v) is 5.40. The summed E-state index contributed by atoms with van der Waals surface area (Å²) in [4.78, 5) is 23.5. The van der Waals surface area contributed by atoms with Crippen LogP contribution in [0.25, 0.3) is 0 Å². The van der Waals surface area contributed by atoms with Crippen LogP contribution in [0.1, 0.15) is 48.9 Å². The van der Waals surface area contributed by atoms with Crippen LogP contribution in [0.5, 0.6) is 0 Å². The van der Waals surface area contributed by atoms with Gasteiger partial charge in [0.15, 0.2) is 0 Å². The molecular formula is C20H35B3N5O6. The predicted octanol–water partition coefficient (Wildman–Crippen LogP) is 1.46. The maximum absolute atomic E-state index is 13.1. The highest BCUT2D eigenvalue weighted by atomic mass is 16.6. The van der Waals surface area contributed by atoms with Crippen LogP contribution < -0.4 is 15.8 Å². The minimum absolute atomic E-state index is 0.0852. The van der Waals surface area contributed by atoms with Gasteiger partial charge in [-0.3, -0.25) is 20.3 Å². The van der Waals surface area contributed by atoms with E-state index < -0.39 is 24.6 Å². The number of nitrogens with zero attached hydrogens (tertiary/aromatic N) is 1. The van der Waals surface area contributed by atoms with Crippen molar-refractivity contribution in [3.05, 3.63) is 39.9 Å². The first-order valence-corrected chi connectivity index (χ1v) is 11.5. The Morgan fingerprint density at radius 2 is 1.65 bits per heavy atom. The van der Waals surface area contributed by atoms with E-state index in [1.165, 1.54) is 24.3 Å². The van der Waals surface area contributed by atoms with Crippen LogP contribution in [0.15, 0.2) is 24.3 Å². The predicted molar refractivity (Wildman–Crippen MR) is 135 cm³/mol. The maximum Gasteiger partial charge on any atom is 0.373 e. The van der Waals surface area contributed by atoms with Gasteiger partial charge in [0.2, 0.25) is 0 Å². The van der Waals surface area contributed by atoms with Gasteiger partial charge in [-0.05, 0) is 77.3 Å². The van der Waals surface area contributed by atoms with Gasteiger partial charge in [-0.15, -0.1) is 0 Å². The summed E-state index contributed by atoms with van der Waals surface area (Å²) < 4.78 is 4.88. The summed E-state index contributed by atoms with van der Waals surface area (Å²) in [5.41, 5.74) is -0.325. The highest BCUT2D eigenvalue weighted by Crippen LogP contribution is 2.27. The monoisotopic (exact) mass is 474 g/mol. The molecule has 0 bridgehead atoms. The lowest BCUT2D eigenvalue weighted by atomic mass is 9.79. The van der Waals surface area contributed by atoms with Gasteiger partial charge in [-0.2, -0.15) is 0 Å². The van der Waals surface area contributed by atoms with Crippen molar-refractivity contribution in [2.45, 2.75) is 64.0 Å². The largest absolute Gasteiger partial charge is 0.556 e. The van der Waals surface area contributed by atoms with Crippen molar-refractivity contribution in [1.82, 2.24) is 15.8 Å². The average Bonchev–Trinajstić information content (AvgIpc) is 2.79. The number of nitrogens with one attached hydrogen (secondary N) is 4. The van der Waals surface area contributed by atoms with Crippen molar-refractivity contribution in [1.29, 1.82) is 5.41 Å². The lowest BCUT2D eigenvalue weighted by Gasteiger charge is -2.36. The van der Waals surface area contributed by atoms with E-state index in [4.69, 9.17) is 10.1 Å². The molecule has 0 heterocycles. The number of amides is 1. The van der Waals surface area contributed by atoms with Crippen LogP contribution in [0.4, 0.5) is 5.69 Å². The van der Waals surface area contributed by atoms with Crippen LogP contribution >= 0.6 is 0 Å². The second kappa shape index (κ2) is 16.3. The zero-order valence-corrected chi connectivity index (χ0v) is 20.0. The molecular weight excluding hydrogens is 439 g/mol. The number of carbonyl (C=O) groups is 1. The van der Waals surface area contributed by atoms with E-state index in [1.807, 2.05) is 0 Å². The highest BCUT2D eigenvalue weighted by Gasteiger charge is 2.31. The van der Waals surface area contributed by atoms with Gasteiger partial charge in [0.25, 0.3) is 11.6 Å². The molecule has 0 aliphatic rings. The second-order valence-corrected chi connectivity index (χ2v) is 8.32. The molecule has 0 fully saturated rings. The molecule has 0 aliphatic carbocycles. The molecule has 0 aromatic heterocycles. The molecule has 0 aliphatic heterocycles. The minimum atomic E-state index is -0.632. The number of benzene rings is 1. The Labute approximate surface area is 202 Å². The lowest BCUT2D eigenvalue weighted by molar-refractivity contribution is -0.384. The van der Waals surface area contributed by atoms with Gasteiger partial charge in [0.1, 0.15) is 6.40 Å². The molecule has 14 heteroatoms. The summed E-state index contributed by atoms with van der Waals surface area (Å²) in [6, 6.07) is 5.49. The number of hydrogen-bond acceptors (Lipinski definition) is 9. The standard InChI is InChI=1S/C20H35B3N5O6/c1-22(30)25-14-4-11-20(10-3-13-21-34-16-24,12-5-15-26-23(2)31)27-19(29)17-6-8-18(9-7-17)28(32)33/h6-9,16,24-26,30-31H,3-5,10-15H2,1-2H3,(H,27,29). The molecule has 185 valence electrons. The molecule has 0 atom stereocenters. The Balaban J connectivity index is 3.00. The summed E-state index contributed by atoms with van der Waals surface area (Å²) in [6.45, 7) is 4.43. The van der Waals surface area contributed by atoms with Gasteiger partial charge >= 0.3 is 21.6 Å². The zero-order chi connectivity index (χ0) is 25.4. The molecule has 1 rings (SSSR count). The number of hydrogen-bond donors (Lipinski definition) is 6. The fourth-order valence-corrected chi connectivity index (χ4v) is 3.73. The van der Waals surface area contributed by atoms with Crippen molar-refractivity contribution < 1.29 is 24.4 Å². The topological polar surface area (TPSA) is 170 Å². The molecule has 0 saturated carbocycles. The molecule has 6 N–H and O–H groups in total. The van der Waals surface area contributed by atoms with E-state index in [0.29, 0.717) is 63.5 Å². The van der Waals surface area contributed by atoms with Gasteiger partial charge in [-0.1, -0.05) is 6.42 Å². The zero-order valence-electron chi connectivity index (χ0n) is 20.0. The van der Waals surface area contributed by atoms with Crippen molar-refractivity contribution >= 4 is 39.6 Å². The molecule has 1 radical (unpaired) electrons. The summed E-state index contributed by atoms with van der Waals surface area (Å²) in [6.07, 6.45) is 5.51. The summed E-state index contributed by atoms with van der Waals surface area (Å²) in [5, 5.41) is 46.0. The molecule has 34 heavy (non-hydrogen) atoms. The molecule has 0 saturated heterocycles. The van der Waals surface area contributed by atoms with Crippen LogP contribution in [0.3, 0.4) is 0 Å². The molecule has 1 aromatic carbocycles. The summed E-state index contributed by atoms with van der Waals surface area (Å²) in [5.74, 6) is -0.318. The van der Waals surface area contributed by atoms with Crippen molar-refractivity contribution in [3.8, 4) is 0 Å². The molecule has 0 spiro atoms. The fraction of sp³-hybridized carbons (Fsp3) is 0.600. The van der Waals surface area contributed by atoms with E-state index in [2.05, 4.69) is 15.8 Å². The van der Waals surface area contributed by atoms with Crippen LogP contribution in [-0.2, 0) is 4.65 Å². The number of nitro benzene ring substituents is 1. The second-order valence-electron chi connectivity index (χ2n) is 8.32. The SMILES string of the molecule is CB(O)NCCCC(CCC[B]OC=N)(CCCNB(C)O)NC(=O)c1ccc([N+](=O)[O-])cc1. The van der Waals surface area contributed by atoms with E-state index in [0.717, 1.165) is 6.40 Å². The molecule has 11 nitrogen and oxygen atoms in total. The Morgan fingerprint density at radius 3 is 2.12 bits per heavy atom. The van der Waals surface area contributed by atoms with Gasteiger partial charge in [0.05, 0.1) is 4.92 Å². The van der Waals surface area contributed by atoms with Crippen LogP contribution in [0, 0.1) is 15.5 Å². The first kappa shape index (κ1) is 29.6. The average molecular weight is 474 g/mol. The number of non-ortho nitro benzene ring substituents is 1. The van der Waals surface area contributed by atoms with E-state index in [-0.39, 0.29) is 11.6 Å². The van der Waals surface area contributed by atoms with Crippen LogP contribution in [-0.4, -0.2) is 67.5 Å². The normalized spacial score (nSPS) is 10.9. The highest BCUT2D eigenvalue weighted by molar-refractivity contribution is 6.45. The minimum Gasteiger partial charge on any atom is -0.556 e. The first-order valence-electron chi connectivity index (χ1n) is 11.5. The maximum atomic E-state index is 13.1. The Bertz CT molecular complexity index is 739. The summed E-state index contributed by atoms with van der Waals surface area (Å²) >= 11 is 0. The smallest absolute Gasteiger partial charge is 0.373 e. The first-order chi connectivity index (χ1) is 16.2. The van der Waals surface area contributed by atoms with Crippen LogP contribution in [0.2, 0.25) is 20.0 Å². The molecule has 0 unspecified atom stereocenters. The van der Waals surface area contributed by atoms with Crippen molar-refractivity contribution in [2.75, 3.05) is 13.1 Å². The van der Waals surface area contributed by atoms with Gasteiger partial charge in [-0.25, -0.2) is 0 Å². The van der Waals surface area contributed by atoms with Crippen molar-refractivity contribution in [3.63, 3.8) is 0 Å². The fourth-order valence-electron chi connectivity index (χ4n) is 3.73. The van der Waals surface area contributed by atoms with E-state index in [1.54, 1.807) is 21.1 Å². The number of carbonyl (C=O) groups excluding carboxylic acids is 1. The Morgan fingerprint density at radius 1 is 1.12 bits per heavy atom. The Kier molecular flexibility index (Phi) is 14.2. The molecule has 1 aromatic rings. The van der Waals surface area contributed by atoms with Gasteiger partial charge < -0.3 is 30.5 Å². The third kappa shape index (κ3) is 12.2. The lowest BCUT2D eigenvalue weighted by Crippen LogP contribution is -2.49. The van der Waals surface area contributed by atoms with E-state index in [9.17, 15) is 25.0 Å². The number of rotatable bonds is 19. The quantitative estimate of drug-likeness (QED) is 0.0438. The van der Waals surface area contributed by atoms with E-state index >= 15 is 0 Å². The number of nitro groups is 1. The Hall–Kier alpha value is -2.41. The summed E-state index contributed by atoms with van der Waals surface area (Å²) in [7, 11) is 0.277.